The maximum atomic E-state index is 6.00. The number of pyridine rings is 1. The van der Waals surface area contributed by atoms with Gasteiger partial charge in [-0.3, -0.25) is 4.98 Å². The predicted molar refractivity (Wildman–Crippen MR) is 65.0 cm³/mol. The molecule has 1 aliphatic heterocycles. The van der Waals surface area contributed by atoms with Crippen molar-refractivity contribution in [1.29, 1.82) is 0 Å². The number of nitrogens with zero attached hydrogens (tertiary/aromatic N) is 1. The Bertz CT molecular complexity index is 360. The second kappa shape index (κ2) is 4.65. The van der Waals surface area contributed by atoms with E-state index in [2.05, 4.69) is 4.98 Å². The van der Waals surface area contributed by atoms with Crippen LogP contribution in [0.2, 0.25) is 0 Å². The van der Waals surface area contributed by atoms with E-state index in [0.29, 0.717) is 6.10 Å². The fourth-order valence-electron chi connectivity index (χ4n) is 3.06. The molecule has 1 saturated heterocycles. The molecule has 0 radical (unpaired) electrons. The van der Waals surface area contributed by atoms with Crippen molar-refractivity contribution < 1.29 is 9.47 Å². The molecule has 17 heavy (non-hydrogen) atoms. The van der Waals surface area contributed by atoms with Crippen molar-refractivity contribution in [2.75, 3.05) is 6.61 Å². The topological polar surface area (TPSA) is 31.4 Å². The smallest absolute Gasteiger partial charge is 0.138 e. The molecule has 2 heterocycles. The molecule has 1 atom stereocenters. The summed E-state index contributed by atoms with van der Waals surface area (Å²) < 4.78 is 12.0. The SMILES string of the molecule is c1cncc(OC2CCOC3(CCCC3)C2)c1. The van der Waals surface area contributed by atoms with Gasteiger partial charge in [0.2, 0.25) is 0 Å². The Morgan fingerprint density at radius 1 is 1.35 bits per heavy atom. The van der Waals surface area contributed by atoms with Crippen LogP contribution in [0.1, 0.15) is 38.5 Å². The van der Waals surface area contributed by atoms with Crippen molar-refractivity contribution in [2.24, 2.45) is 0 Å². The van der Waals surface area contributed by atoms with Crippen molar-refractivity contribution in [1.82, 2.24) is 4.98 Å². The largest absolute Gasteiger partial charge is 0.489 e. The van der Waals surface area contributed by atoms with Crippen molar-refractivity contribution in [3.8, 4) is 5.75 Å². The van der Waals surface area contributed by atoms with E-state index < -0.39 is 0 Å². The second-order valence-electron chi connectivity index (χ2n) is 5.16. The number of aromatic nitrogens is 1. The first-order valence-electron chi connectivity index (χ1n) is 6.57. The molecular weight excluding hydrogens is 214 g/mol. The molecule has 0 amide bonds. The molecule has 2 aliphatic rings. The highest BCUT2D eigenvalue weighted by Crippen LogP contribution is 2.40. The predicted octanol–water partition coefficient (Wildman–Crippen LogP) is 2.95. The van der Waals surface area contributed by atoms with Crippen LogP contribution in [0.3, 0.4) is 0 Å². The van der Waals surface area contributed by atoms with Crippen molar-refractivity contribution in [2.45, 2.75) is 50.2 Å². The van der Waals surface area contributed by atoms with Gasteiger partial charge in [-0.05, 0) is 25.0 Å². The van der Waals surface area contributed by atoms with E-state index in [4.69, 9.17) is 9.47 Å². The van der Waals surface area contributed by atoms with Crippen LogP contribution in [0.15, 0.2) is 24.5 Å². The molecule has 1 aromatic heterocycles. The van der Waals surface area contributed by atoms with E-state index in [1.165, 1.54) is 25.7 Å². The summed E-state index contributed by atoms with van der Waals surface area (Å²) >= 11 is 0. The number of ether oxygens (including phenoxy) is 2. The Kier molecular flexibility index (Phi) is 3.02. The van der Waals surface area contributed by atoms with Crippen LogP contribution in [0, 0.1) is 0 Å². The Hall–Kier alpha value is -1.09. The third kappa shape index (κ3) is 2.44. The highest BCUT2D eigenvalue weighted by atomic mass is 16.5. The number of rotatable bonds is 2. The summed E-state index contributed by atoms with van der Waals surface area (Å²) in [6.07, 6.45) is 10.9. The summed E-state index contributed by atoms with van der Waals surface area (Å²) in [4.78, 5) is 4.08. The normalized spacial score (nSPS) is 27.2. The molecule has 3 nitrogen and oxygen atoms in total. The fourth-order valence-corrected chi connectivity index (χ4v) is 3.06. The Morgan fingerprint density at radius 2 is 2.24 bits per heavy atom. The van der Waals surface area contributed by atoms with Gasteiger partial charge in [-0.25, -0.2) is 0 Å². The standard InChI is InChI=1S/C14H19NO2/c1-2-7-14(6-1)10-12(5-9-16-14)17-13-4-3-8-15-11-13/h3-4,8,11-12H,1-2,5-7,9-10H2. The van der Waals surface area contributed by atoms with Crippen molar-refractivity contribution in [3.63, 3.8) is 0 Å². The highest BCUT2D eigenvalue weighted by Gasteiger charge is 2.40. The lowest BCUT2D eigenvalue weighted by atomic mass is 9.90. The molecular formula is C14H19NO2. The Morgan fingerprint density at radius 3 is 3.00 bits per heavy atom. The van der Waals surface area contributed by atoms with Crippen LogP contribution in [0.5, 0.6) is 5.75 Å². The van der Waals surface area contributed by atoms with E-state index >= 15 is 0 Å². The zero-order valence-corrected chi connectivity index (χ0v) is 10.1. The molecule has 1 aromatic rings. The van der Waals surface area contributed by atoms with Crippen LogP contribution >= 0.6 is 0 Å². The van der Waals surface area contributed by atoms with E-state index in [9.17, 15) is 0 Å². The molecule has 0 N–H and O–H groups in total. The van der Waals surface area contributed by atoms with Gasteiger partial charge in [-0.1, -0.05) is 12.8 Å². The third-order valence-electron chi connectivity index (χ3n) is 3.90. The van der Waals surface area contributed by atoms with Crippen LogP contribution in [0.4, 0.5) is 0 Å². The molecule has 3 heteroatoms. The monoisotopic (exact) mass is 233 g/mol. The molecule has 1 saturated carbocycles. The van der Waals surface area contributed by atoms with E-state index in [-0.39, 0.29) is 5.60 Å². The van der Waals surface area contributed by atoms with Gasteiger partial charge in [-0.15, -0.1) is 0 Å². The van der Waals surface area contributed by atoms with Gasteiger partial charge in [0.1, 0.15) is 11.9 Å². The molecule has 3 rings (SSSR count). The van der Waals surface area contributed by atoms with Gasteiger partial charge in [0.05, 0.1) is 18.4 Å². The summed E-state index contributed by atoms with van der Waals surface area (Å²) in [5, 5.41) is 0. The molecule has 1 unspecified atom stereocenters. The van der Waals surface area contributed by atoms with Gasteiger partial charge < -0.3 is 9.47 Å². The molecule has 0 aromatic carbocycles. The summed E-state index contributed by atoms with van der Waals surface area (Å²) in [7, 11) is 0. The van der Waals surface area contributed by atoms with Gasteiger partial charge >= 0.3 is 0 Å². The second-order valence-corrected chi connectivity index (χ2v) is 5.16. The van der Waals surface area contributed by atoms with E-state index in [1.807, 2.05) is 12.1 Å². The lowest BCUT2D eigenvalue weighted by Crippen LogP contribution is -2.41. The van der Waals surface area contributed by atoms with E-state index in [1.54, 1.807) is 12.4 Å². The molecule has 1 aliphatic carbocycles. The average Bonchev–Trinajstić information content (AvgIpc) is 2.79. The molecule has 0 bridgehead atoms. The summed E-state index contributed by atoms with van der Waals surface area (Å²) in [6, 6.07) is 3.89. The molecule has 92 valence electrons. The maximum Gasteiger partial charge on any atom is 0.138 e. The molecule has 2 fully saturated rings. The Labute approximate surface area is 102 Å². The van der Waals surface area contributed by atoms with E-state index in [0.717, 1.165) is 25.2 Å². The summed E-state index contributed by atoms with van der Waals surface area (Å²) in [5.41, 5.74) is 0.130. The average molecular weight is 233 g/mol. The Balaban J connectivity index is 1.64. The first-order valence-corrected chi connectivity index (χ1v) is 6.57. The van der Waals surface area contributed by atoms with Crippen LogP contribution in [0.25, 0.3) is 0 Å². The minimum atomic E-state index is 0.130. The number of hydrogen-bond acceptors (Lipinski definition) is 3. The highest BCUT2D eigenvalue weighted by molar-refractivity contribution is 5.16. The lowest BCUT2D eigenvalue weighted by molar-refractivity contribution is -0.108. The van der Waals surface area contributed by atoms with Crippen molar-refractivity contribution in [3.05, 3.63) is 24.5 Å². The zero-order valence-electron chi connectivity index (χ0n) is 10.1. The fraction of sp³-hybridized carbons (Fsp3) is 0.643. The summed E-state index contributed by atoms with van der Waals surface area (Å²) in [5.74, 6) is 0.882. The minimum absolute atomic E-state index is 0.130. The number of hydrogen-bond donors (Lipinski definition) is 0. The quantitative estimate of drug-likeness (QED) is 0.787. The van der Waals surface area contributed by atoms with Gasteiger partial charge in [-0.2, -0.15) is 0 Å². The first-order chi connectivity index (χ1) is 8.36. The van der Waals surface area contributed by atoms with Gasteiger partial charge in [0, 0.05) is 19.0 Å². The zero-order chi connectivity index (χ0) is 11.6. The van der Waals surface area contributed by atoms with Crippen LogP contribution in [-0.4, -0.2) is 23.3 Å². The third-order valence-corrected chi connectivity index (χ3v) is 3.90. The van der Waals surface area contributed by atoms with Crippen molar-refractivity contribution >= 4 is 0 Å². The molecule has 1 spiro atoms. The van der Waals surface area contributed by atoms with Crippen LogP contribution in [-0.2, 0) is 4.74 Å². The maximum absolute atomic E-state index is 6.00. The van der Waals surface area contributed by atoms with Crippen LogP contribution < -0.4 is 4.74 Å². The van der Waals surface area contributed by atoms with Gasteiger partial charge in [0.15, 0.2) is 0 Å². The minimum Gasteiger partial charge on any atom is -0.489 e. The lowest BCUT2D eigenvalue weighted by Gasteiger charge is -2.38. The first kappa shape index (κ1) is 11.0. The summed E-state index contributed by atoms with van der Waals surface area (Å²) in [6.45, 7) is 0.838. The van der Waals surface area contributed by atoms with Gasteiger partial charge in [0.25, 0.3) is 0 Å².